The Morgan fingerprint density at radius 3 is 2.04 bits per heavy atom. The molecule has 132 valence electrons. The minimum atomic E-state index is -0.137. The average molecular weight is 337 g/mol. The van der Waals surface area contributed by atoms with E-state index in [0.717, 1.165) is 42.4 Å². The van der Waals surface area contributed by atoms with Gasteiger partial charge in [-0.3, -0.25) is 4.99 Å². The van der Waals surface area contributed by atoms with Crippen LogP contribution < -0.4 is 0 Å². The SMILES string of the molecule is CC(C)[C@@H](CO)N=Cc1c2ccc(c1O)CCc1ccc(cc1)CC2. The number of hydrogen-bond donors (Lipinski definition) is 2. The maximum Gasteiger partial charge on any atom is 0.127 e. The monoisotopic (exact) mass is 337 g/mol. The highest BCUT2D eigenvalue weighted by Gasteiger charge is 2.15. The van der Waals surface area contributed by atoms with E-state index in [9.17, 15) is 10.2 Å². The predicted octanol–water partition coefficient (Wildman–Crippen LogP) is 3.71. The van der Waals surface area contributed by atoms with Gasteiger partial charge in [-0.25, -0.2) is 0 Å². The Morgan fingerprint density at radius 1 is 0.920 bits per heavy atom. The third-order valence-electron chi connectivity index (χ3n) is 5.13. The molecule has 4 aliphatic rings. The van der Waals surface area contributed by atoms with Gasteiger partial charge in [0.05, 0.1) is 12.6 Å². The summed E-state index contributed by atoms with van der Waals surface area (Å²) in [6.45, 7) is 4.12. The minimum absolute atomic E-state index is 0.0236. The lowest BCUT2D eigenvalue weighted by Gasteiger charge is -2.16. The summed E-state index contributed by atoms with van der Waals surface area (Å²) >= 11 is 0. The summed E-state index contributed by atoms with van der Waals surface area (Å²) in [6.07, 6.45) is 5.28. The Morgan fingerprint density at radius 2 is 1.48 bits per heavy atom. The average Bonchev–Trinajstić information content (AvgIpc) is 2.60. The lowest BCUT2D eigenvalue weighted by atomic mass is 9.92. The molecule has 0 fully saturated rings. The number of phenols is 1. The highest BCUT2D eigenvalue weighted by molar-refractivity contribution is 5.86. The zero-order valence-electron chi connectivity index (χ0n) is 15.1. The van der Waals surface area contributed by atoms with E-state index >= 15 is 0 Å². The first-order chi connectivity index (χ1) is 12.1. The van der Waals surface area contributed by atoms with Crippen molar-refractivity contribution in [2.75, 3.05) is 6.61 Å². The van der Waals surface area contributed by atoms with Crippen LogP contribution in [0.25, 0.3) is 0 Å². The summed E-state index contributed by atoms with van der Waals surface area (Å²) in [5.41, 5.74) is 5.48. The lowest BCUT2D eigenvalue weighted by Crippen LogP contribution is -2.18. The van der Waals surface area contributed by atoms with Crippen LogP contribution in [0.2, 0.25) is 0 Å². The molecule has 6 rings (SSSR count). The van der Waals surface area contributed by atoms with Gasteiger partial charge in [-0.05, 0) is 53.9 Å². The van der Waals surface area contributed by atoms with Crippen molar-refractivity contribution in [1.82, 2.24) is 0 Å². The van der Waals surface area contributed by atoms with E-state index in [-0.39, 0.29) is 18.6 Å². The van der Waals surface area contributed by atoms with Crippen LogP contribution in [0.15, 0.2) is 41.4 Å². The van der Waals surface area contributed by atoms with Crippen LogP contribution in [0.3, 0.4) is 0 Å². The molecule has 2 N–H and O–H groups in total. The summed E-state index contributed by atoms with van der Waals surface area (Å²) in [4.78, 5) is 4.55. The van der Waals surface area contributed by atoms with E-state index < -0.39 is 0 Å². The minimum Gasteiger partial charge on any atom is -0.507 e. The van der Waals surface area contributed by atoms with E-state index in [4.69, 9.17) is 0 Å². The molecule has 1 atom stereocenters. The number of aliphatic hydroxyl groups excluding tert-OH is 1. The zero-order valence-corrected chi connectivity index (χ0v) is 15.1. The summed E-state index contributed by atoms with van der Waals surface area (Å²) < 4.78 is 0. The lowest BCUT2D eigenvalue weighted by molar-refractivity contribution is 0.240. The van der Waals surface area contributed by atoms with Gasteiger partial charge in [-0.2, -0.15) is 0 Å². The molecular formula is C22H27NO2. The fourth-order valence-electron chi connectivity index (χ4n) is 3.29. The molecule has 25 heavy (non-hydrogen) atoms. The first-order valence-corrected chi connectivity index (χ1v) is 9.14. The van der Waals surface area contributed by atoms with E-state index in [1.165, 1.54) is 11.1 Å². The number of rotatable bonds is 4. The van der Waals surface area contributed by atoms with Crippen LogP contribution in [-0.4, -0.2) is 29.1 Å². The van der Waals surface area contributed by atoms with Gasteiger partial charge in [0.15, 0.2) is 0 Å². The van der Waals surface area contributed by atoms with Crippen molar-refractivity contribution in [3.8, 4) is 5.75 Å². The highest BCUT2D eigenvalue weighted by atomic mass is 16.3. The summed E-state index contributed by atoms with van der Waals surface area (Å²) in [6, 6.07) is 12.8. The molecule has 0 spiro atoms. The summed E-state index contributed by atoms with van der Waals surface area (Å²) in [5, 5.41) is 20.3. The topological polar surface area (TPSA) is 52.8 Å². The Balaban J connectivity index is 1.97. The Kier molecular flexibility index (Phi) is 5.54. The first-order valence-electron chi connectivity index (χ1n) is 9.14. The standard InChI is InChI=1S/C22H27NO2/c1-15(2)21(14-24)23-13-20-18-9-7-16-3-5-17(6-4-16)8-10-19(12-11-18)22(20)25/h3-6,11-13,15,21,24-25H,7-10,14H2,1-2H3/t21-/m1/s1. The smallest absolute Gasteiger partial charge is 0.127 e. The van der Waals surface area contributed by atoms with Crippen LogP contribution in [0.1, 0.15) is 41.7 Å². The maximum atomic E-state index is 10.8. The second-order valence-electron chi connectivity index (χ2n) is 7.23. The van der Waals surface area contributed by atoms with Gasteiger partial charge in [0.1, 0.15) is 5.75 Å². The molecule has 4 aliphatic carbocycles. The predicted molar refractivity (Wildman–Crippen MR) is 103 cm³/mol. The second-order valence-corrected chi connectivity index (χ2v) is 7.23. The normalized spacial score (nSPS) is 15.5. The van der Waals surface area contributed by atoms with Crippen molar-refractivity contribution in [1.29, 1.82) is 0 Å². The van der Waals surface area contributed by atoms with E-state index in [1.54, 1.807) is 6.21 Å². The van der Waals surface area contributed by atoms with E-state index in [1.807, 2.05) is 19.9 Å². The third kappa shape index (κ3) is 4.10. The molecule has 0 saturated carbocycles. The van der Waals surface area contributed by atoms with E-state index in [2.05, 4.69) is 35.3 Å². The summed E-state index contributed by atoms with van der Waals surface area (Å²) in [5.74, 6) is 0.607. The molecule has 0 amide bonds. The van der Waals surface area contributed by atoms with Crippen molar-refractivity contribution in [3.63, 3.8) is 0 Å². The Labute approximate surface area is 150 Å². The van der Waals surface area contributed by atoms with Crippen LogP contribution in [-0.2, 0) is 25.7 Å². The number of aromatic hydroxyl groups is 1. The molecule has 0 saturated heterocycles. The highest BCUT2D eigenvalue weighted by Crippen LogP contribution is 2.28. The van der Waals surface area contributed by atoms with Gasteiger partial charge in [0.2, 0.25) is 0 Å². The van der Waals surface area contributed by atoms with Crippen LogP contribution in [0.4, 0.5) is 0 Å². The quantitative estimate of drug-likeness (QED) is 0.836. The third-order valence-corrected chi connectivity index (χ3v) is 5.13. The zero-order chi connectivity index (χ0) is 17.8. The van der Waals surface area contributed by atoms with Crippen molar-refractivity contribution in [3.05, 3.63) is 64.2 Å². The molecule has 2 aromatic carbocycles. The Hall–Kier alpha value is -2.13. The molecule has 2 aromatic rings. The van der Waals surface area contributed by atoms with Gasteiger partial charge in [-0.1, -0.05) is 50.2 Å². The van der Waals surface area contributed by atoms with Crippen LogP contribution >= 0.6 is 0 Å². The van der Waals surface area contributed by atoms with E-state index in [0.29, 0.717) is 5.75 Å². The van der Waals surface area contributed by atoms with Gasteiger partial charge in [0, 0.05) is 11.8 Å². The largest absolute Gasteiger partial charge is 0.507 e. The van der Waals surface area contributed by atoms with Crippen molar-refractivity contribution in [2.24, 2.45) is 10.9 Å². The first kappa shape index (κ1) is 17.7. The van der Waals surface area contributed by atoms with Gasteiger partial charge < -0.3 is 10.2 Å². The Bertz CT molecular complexity index is 747. The number of aliphatic imine (C=N–C) groups is 1. The molecule has 3 heteroatoms. The molecule has 0 heterocycles. The number of aliphatic hydroxyl groups is 1. The van der Waals surface area contributed by atoms with Crippen molar-refractivity contribution in [2.45, 2.75) is 45.6 Å². The van der Waals surface area contributed by atoms with Crippen LogP contribution in [0.5, 0.6) is 5.75 Å². The number of benzene rings is 2. The molecule has 0 radical (unpaired) electrons. The second kappa shape index (κ2) is 7.83. The van der Waals surface area contributed by atoms with Crippen molar-refractivity contribution >= 4 is 6.21 Å². The fraction of sp³-hybridized carbons (Fsp3) is 0.409. The molecular weight excluding hydrogens is 310 g/mol. The maximum absolute atomic E-state index is 10.8. The molecule has 3 nitrogen and oxygen atoms in total. The van der Waals surface area contributed by atoms with Gasteiger partial charge in [0.25, 0.3) is 0 Å². The van der Waals surface area contributed by atoms with Crippen LogP contribution in [0, 0.1) is 5.92 Å². The fourth-order valence-corrected chi connectivity index (χ4v) is 3.29. The van der Waals surface area contributed by atoms with Crippen molar-refractivity contribution < 1.29 is 10.2 Å². The van der Waals surface area contributed by atoms with Gasteiger partial charge >= 0.3 is 0 Å². The number of nitrogens with zero attached hydrogens (tertiary/aromatic N) is 1. The molecule has 0 unspecified atom stereocenters. The molecule has 4 bridgehead atoms. The number of aryl methyl sites for hydroxylation is 4. The number of phenolic OH excluding ortho intramolecular Hbond substituents is 1. The van der Waals surface area contributed by atoms with Gasteiger partial charge in [-0.15, -0.1) is 0 Å². The molecule has 0 aliphatic heterocycles. The number of hydrogen-bond acceptors (Lipinski definition) is 3. The summed E-state index contributed by atoms with van der Waals surface area (Å²) in [7, 11) is 0. The molecule has 0 aromatic heterocycles.